The maximum absolute atomic E-state index is 12.3. The standard InChI is InChI=1S/C29H34ClNO3/c1-3-4-5-6-20-7-8-23(20)17-31-18-29(14-13-21-15-24(30)10-11-25(21)29)19-34-27-12-9-22(16-26(27)31)28(32)33-2/h5-6,9-12,15-16,20,23H,3-4,7-8,13-14,17-19H2,1-2H3/b6-5+/t20-,23+,29+/m1/s1. The fourth-order valence-corrected chi connectivity index (χ4v) is 6.11. The van der Waals surface area contributed by atoms with Crippen LogP contribution in [0, 0.1) is 11.8 Å². The number of carbonyl (C=O) groups excluding carboxylic acids is 1. The fourth-order valence-electron chi connectivity index (χ4n) is 5.91. The van der Waals surface area contributed by atoms with Gasteiger partial charge in [-0.1, -0.05) is 43.2 Å². The van der Waals surface area contributed by atoms with E-state index in [0.717, 1.165) is 48.8 Å². The number of allylic oxidation sites excluding steroid dienone is 2. The van der Waals surface area contributed by atoms with Crippen LogP contribution in [-0.4, -0.2) is 32.8 Å². The van der Waals surface area contributed by atoms with Crippen molar-refractivity contribution in [2.75, 3.05) is 31.7 Å². The van der Waals surface area contributed by atoms with Crippen LogP contribution in [-0.2, 0) is 16.6 Å². The zero-order valence-electron chi connectivity index (χ0n) is 20.2. The maximum atomic E-state index is 12.3. The Balaban J connectivity index is 1.49. The number of hydrogen-bond donors (Lipinski definition) is 0. The Morgan fingerprint density at radius 1 is 1.26 bits per heavy atom. The Morgan fingerprint density at radius 3 is 2.91 bits per heavy atom. The second kappa shape index (κ2) is 9.65. The Morgan fingerprint density at radius 2 is 2.15 bits per heavy atom. The first-order valence-electron chi connectivity index (χ1n) is 12.6. The number of halogens is 1. The molecule has 1 fully saturated rings. The van der Waals surface area contributed by atoms with Crippen molar-refractivity contribution in [1.29, 1.82) is 0 Å². The van der Waals surface area contributed by atoms with E-state index in [9.17, 15) is 4.79 Å². The number of hydrogen-bond acceptors (Lipinski definition) is 4. The molecule has 5 rings (SSSR count). The zero-order chi connectivity index (χ0) is 23.7. The highest BCUT2D eigenvalue weighted by atomic mass is 35.5. The van der Waals surface area contributed by atoms with Gasteiger partial charge in [0.15, 0.2) is 0 Å². The summed E-state index contributed by atoms with van der Waals surface area (Å²) in [6, 6.07) is 12.0. The summed E-state index contributed by atoms with van der Waals surface area (Å²) in [6.45, 7) is 4.70. The summed E-state index contributed by atoms with van der Waals surface area (Å²) in [6.07, 6.45) is 11.7. The van der Waals surface area contributed by atoms with Crippen molar-refractivity contribution < 1.29 is 14.3 Å². The molecule has 0 amide bonds. The number of esters is 1. The molecule has 1 heterocycles. The number of aryl methyl sites for hydroxylation is 1. The monoisotopic (exact) mass is 479 g/mol. The molecule has 2 aliphatic carbocycles. The van der Waals surface area contributed by atoms with Gasteiger partial charge in [0.25, 0.3) is 0 Å². The van der Waals surface area contributed by atoms with Gasteiger partial charge in [-0.2, -0.15) is 0 Å². The van der Waals surface area contributed by atoms with Crippen molar-refractivity contribution >= 4 is 23.3 Å². The lowest BCUT2D eigenvalue weighted by Gasteiger charge is -2.41. The van der Waals surface area contributed by atoms with Crippen LogP contribution in [0.2, 0.25) is 5.02 Å². The fraction of sp³-hybridized carbons (Fsp3) is 0.483. The lowest BCUT2D eigenvalue weighted by Crippen LogP contribution is -2.45. The minimum absolute atomic E-state index is 0.0817. The van der Waals surface area contributed by atoms with E-state index in [1.165, 1.54) is 37.5 Å². The second-order valence-corrected chi connectivity index (χ2v) is 10.6. The quantitative estimate of drug-likeness (QED) is 0.346. The normalized spacial score (nSPS) is 25.4. The highest BCUT2D eigenvalue weighted by Crippen LogP contribution is 2.47. The molecule has 5 heteroatoms. The summed E-state index contributed by atoms with van der Waals surface area (Å²) >= 11 is 6.32. The van der Waals surface area contributed by atoms with Crippen molar-refractivity contribution in [3.05, 3.63) is 70.3 Å². The number of anilines is 1. The average molecular weight is 480 g/mol. The molecule has 3 aliphatic rings. The van der Waals surface area contributed by atoms with Crippen LogP contribution >= 0.6 is 11.6 Å². The molecule has 2 aromatic carbocycles. The van der Waals surface area contributed by atoms with Crippen LogP contribution in [0.4, 0.5) is 5.69 Å². The second-order valence-electron chi connectivity index (χ2n) is 10.1. The van der Waals surface area contributed by atoms with Gasteiger partial charge in [-0.25, -0.2) is 4.79 Å². The van der Waals surface area contributed by atoms with Crippen molar-refractivity contribution in [3.8, 4) is 5.75 Å². The minimum atomic E-state index is -0.313. The SMILES string of the molecule is CCC/C=C/[C@@H]1CC[C@H]1CN1C[C@@]2(CCc3cc(Cl)ccc32)COc2ccc(C(=O)OC)cc21. The summed E-state index contributed by atoms with van der Waals surface area (Å²) in [7, 11) is 1.43. The van der Waals surface area contributed by atoms with Crippen LogP contribution in [0.3, 0.4) is 0 Å². The Labute approximate surface area is 207 Å². The molecular formula is C29H34ClNO3. The predicted octanol–water partition coefficient (Wildman–Crippen LogP) is 6.59. The van der Waals surface area contributed by atoms with Crippen molar-refractivity contribution in [1.82, 2.24) is 0 Å². The summed E-state index contributed by atoms with van der Waals surface area (Å²) in [5.41, 5.74) is 4.18. The molecule has 1 spiro atoms. The van der Waals surface area contributed by atoms with E-state index in [-0.39, 0.29) is 11.4 Å². The van der Waals surface area contributed by atoms with Gasteiger partial charge < -0.3 is 14.4 Å². The zero-order valence-corrected chi connectivity index (χ0v) is 20.9. The first-order chi connectivity index (χ1) is 16.5. The largest absolute Gasteiger partial charge is 0.490 e. The van der Waals surface area contributed by atoms with Crippen LogP contribution in [0.5, 0.6) is 5.75 Å². The molecule has 180 valence electrons. The first-order valence-corrected chi connectivity index (χ1v) is 13.0. The van der Waals surface area contributed by atoms with Crippen LogP contribution in [0.25, 0.3) is 0 Å². The number of unbranched alkanes of at least 4 members (excludes halogenated alkanes) is 1. The predicted molar refractivity (Wildman–Crippen MR) is 137 cm³/mol. The Kier molecular flexibility index (Phi) is 6.61. The van der Waals surface area contributed by atoms with Crippen LogP contribution in [0.1, 0.15) is 60.5 Å². The van der Waals surface area contributed by atoms with Gasteiger partial charge in [-0.15, -0.1) is 0 Å². The molecule has 3 atom stereocenters. The van der Waals surface area contributed by atoms with E-state index in [1.54, 1.807) is 0 Å². The molecule has 0 unspecified atom stereocenters. The highest BCUT2D eigenvalue weighted by molar-refractivity contribution is 6.30. The van der Waals surface area contributed by atoms with Crippen LogP contribution in [0.15, 0.2) is 48.6 Å². The smallest absolute Gasteiger partial charge is 0.337 e. The molecule has 0 N–H and O–H groups in total. The lowest BCUT2D eigenvalue weighted by molar-refractivity contribution is 0.0600. The van der Waals surface area contributed by atoms with Gasteiger partial charge in [0.05, 0.1) is 25.0 Å². The highest BCUT2D eigenvalue weighted by Gasteiger charge is 2.44. The third-order valence-electron chi connectivity index (χ3n) is 8.00. The van der Waals surface area contributed by atoms with Gasteiger partial charge in [-0.3, -0.25) is 0 Å². The van der Waals surface area contributed by atoms with Gasteiger partial charge >= 0.3 is 5.97 Å². The van der Waals surface area contributed by atoms with Crippen molar-refractivity contribution in [3.63, 3.8) is 0 Å². The molecule has 4 nitrogen and oxygen atoms in total. The average Bonchev–Trinajstić information content (AvgIpc) is 3.10. The molecule has 0 radical (unpaired) electrons. The topological polar surface area (TPSA) is 38.8 Å². The van der Waals surface area contributed by atoms with Crippen molar-refractivity contribution in [2.45, 2.75) is 50.9 Å². The van der Waals surface area contributed by atoms with Crippen LogP contribution < -0.4 is 9.64 Å². The molecule has 2 aromatic rings. The van der Waals surface area contributed by atoms with Gasteiger partial charge in [0.2, 0.25) is 0 Å². The minimum Gasteiger partial charge on any atom is -0.490 e. The summed E-state index contributed by atoms with van der Waals surface area (Å²) in [4.78, 5) is 14.8. The van der Waals surface area contributed by atoms with E-state index < -0.39 is 0 Å². The molecule has 0 bridgehead atoms. The Bertz CT molecular complexity index is 1100. The summed E-state index contributed by atoms with van der Waals surface area (Å²) < 4.78 is 11.5. The van der Waals surface area contributed by atoms with E-state index in [2.05, 4.69) is 36.1 Å². The number of nitrogens with zero attached hydrogens (tertiary/aromatic N) is 1. The van der Waals surface area contributed by atoms with Gasteiger partial charge in [0.1, 0.15) is 5.75 Å². The molecular weight excluding hydrogens is 446 g/mol. The van der Waals surface area contributed by atoms with Gasteiger partial charge in [-0.05, 0) is 85.4 Å². The number of ether oxygens (including phenoxy) is 2. The van der Waals surface area contributed by atoms with E-state index in [1.807, 2.05) is 24.3 Å². The maximum Gasteiger partial charge on any atom is 0.337 e. The number of fused-ring (bicyclic) bond motifs is 3. The number of benzene rings is 2. The Hall–Kier alpha value is -2.46. The molecule has 0 aromatic heterocycles. The first kappa shape index (κ1) is 23.3. The molecule has 34 heavy (non-hydrogen) atoms. The van der Waals surface area contributed by atoms with E-state index in [0.29, 0.717) is 24.0 Å². The van der Waals surface area contributed by atoms with E-state index in [4.69, 9.17) is 21.1 Å². The third-order valence-corrected chi connectivity index (χ3v) is 8.23. The lowest BCUT2D eigenvalue weighted by atomic mass is 9.72. The molecule has 1 aliphatic heterocycles. The third kappa shape index (κ3) is 4.33. The van der Waals surface area contributed by atoms with Gasteiger partial charge in [0, 0.05) is 23.5 Å². The molecule has 1 saturated carbocycles. The summed E-state index contributed by atoms with van der Waals surface area (Å²) in [5.74, 6) is 1.79. The van der Waals surface area contributed by atoms with E-state index >= 15 is 0 Å². The number of carbonyl (C=O) groups is 1. The number of methoxy groups -OCH3 is 1. The molecule has 0 saturated heterocycles. The summed E-state index contributed by atoms with van der Waals surface area (Å²) in [5, 5.41) is 0.796. The van der Waals surface area contributed by atoms with Crippen molar-refractivity contribution in [2.24, 2.45) is 11.8 Å². The number of rotatable bonds is 6.